The Balaban J connectivity index is 1.83. The van der Waals surface area contributed by atoms with Crippen LogP contribution in [0.4, 0.5) is 5.69 Å². The van der Waals surface area contributed by atoms with Gasteiger partial charge < -0.3 is 9.67 Å². The number of para-hydroxylation sites is 2. The summed E-state index contributed by atoms with van der Waals surface area (Å²) in [7, 11) is 0. The molecule has 0 spiro atoms. The van der Waals surface area contributed by atoms with E-state index in [0.717, 1.165) is 23.4 Å². The zero-order chi connectivity index (χ0) is 16.2. The predicted molar refractivity (Wildman–Crippen MR) is 90.0 cm³/mol. The van der Waals surface area contributed by atoms with Crippen molar-refractivity contribution in [3.8, 4) is 0 Å². The number of hydrogen-bond acceptors (Lipinski definition) is 4. The van der Waals surface area contributed by atoms with Gasteiger partial charge in [-0.2, -0.15) is 5.10 Å². The molecule has 3 aromatic rings. The largest absolute Gasteiger partial charge is 0.478 e. The van der Waals surface area contributed by atoms with Crippen LogP contribution in [0.5, 0.6) is 0 Å². The molecule has 0 aliphatic heterocycles. The molecule has 116 valence electrons. The quantitative estimate of drug-likeness (QED) is 0.560. The molecule has 2 aromatic carbocycles. The van der Waals surface area contributed by atoms with Gasteiger partial charge >= 0.3 is 5.97 Å². The van der Waals surface area contributed by atoms with Crippen LogP contribution in [0.1, 0.15) is 23.1 Å². The average molecular weight is 308 g/mol. The zero-order valence-corrected chi connectivity index (χ0v) is 12.6. The van der Waals surface area contributed by atoms with Crippen molar-refractivity contribution in [3.63, 3.8) is 0 Å². The second kappa shape index (κ2) is 6.31. The molecule has 0 aliphatic rings. The van der Waals surface area contributed by atoms with Gasteiger partial charge in [0, 0.05) is 6.54 Å². The van der Waals surface area contributed by atoms with E-state index in [1.165, 1.54) is 12.1 Å². The number of rotatable bonds is 5. The van der Waals surface area contributed by atoms with E-state index >= 15 is 0 Å². The van der Waals surface area contributed by atoms with Crippen molar-refractivity contribution >= 4 is 28.9 Å². The van der Waals surface area contributed by atoms with Gasteiger partial charge in [0.15, 0.2) is 5.82 Å². The van der Waals surface area contributed by atoms with E-state index in [9.17, 15) is 4.79 Å². The first-order chi connectivity index (χ1) is 11.2. The summed E-state index contributed by atoms with van der Waals surface area (Å²) in [4.78, 5) is 15.5. The van der Waals surface area contributed by atoms with E-state index in [-0.39, 0.29) is 5.56 Å². The number of benzene rings is 2. The number of carboxylic acids is 1. The van der Waals surface area contributed by atoms with E-state index in [0.29, 0.717) is 5.69 Å². The lowest BCUT2D eigenvalue weighted by molar-refractivity contribution is 0.0697. The van der Waals surface area contributed by atoms with Gasteiger partial charge in [-0.1, -0.05) is 18.2 Å². The Morgan fingerprint density at radius 1 is 1.30 bits per heavy atom. The number of anilines is 1. The third-order valence-corrected chi connectivity index (χ3v) is 3.48. The Labute approximate surface area is 133 Å². The summed E-state index contributed by atoms with van der Waals surface area (Å²) in [5.74, 6) is -0.221. The number of aromatic nitrogens is 2. The summed E-state index contributed by atoms with van der Waals surface area (Å²) in [6, 6.07) is 14.4. The lowest BCUT2D eigenvalue weighted by atomic mass is 10.2. The number of aryl methyl sites for hydroxylation is 1. The van der Waals surface area contributed by atoms with E-state index in [1.54, 1.807) is 18.3 Å². The standard InChI is InChI=1S/C17H16N4O2/c1-2-21-15-9-4-3-8-14(15)19-16(21)11-18-20-13-7-5-6-12(10-13)17(22)23/h3-11,20H,2H2,1H3,(H,22,23). The number of hydrogen-bond donors (Lipinski definition) is 2. The monoisotopic (exact) mass is 308 g/mol. The maximum absolute atomic E-state index is 11.0. The van der Waals surface area contributed by atoms with E-state index in [4.69, 9.17) is 5.11 Å². The van der Waals surface area contributed by atoms with Crippen molar-refractivity contribution in [1.29, 1.82) is 0 Å². The molecule has 6 nitrogen and oxygen atoms in total. The topological polar surface area (TPSA) is 79.5 Å². The van der Waals surface area contributed by atoms with Gasteiger partial charge in [0.1, 0.15) is 0 Å². The number of aromatic carboxylic acids is 1. The Morgan fingerprint density at radius 2 is 2.13 bits per heavy atom. The van der Waals surface area contributed by atoms with E-state index < -0.39 is 5.97 Å². The van der Waals surface area contributed by atoms with Crippen molar-refractivity contribution in [1.82, 2.24) is 9.55 Å². The molecular formula is C17H16N4O2. The van der Waals surface area contributed by atoms with Crippen molar-refractivity contribution < 1.29 is 9.90 Å². The molecule has 3 rings (SSSR count). The highest BCUT2D eigenvalue weighted by molar-refractivity contribution is 5.89. The molecule has 6 heteroatoms. The Bertz CT molecular complexity index is 883. The van der Waals surface area contributed by atoms with Crippen LogP contribution in [0, 0.1) is 0 Å². The number of hydrazone groups is 1. The smallest absolute Gasteiger partial charge is 0.335 e. The molecule has 0 unspecified atom stereocenters. The number of nitrogens with zero attached hydrogens (tertiary/aromatic N) is 3. The molecule has 23 heavy (non-hydrogen) atoms. The first kappa shape index (κ1) is 14.8. The molecule has 2 N–H and O–H groups in total. The molecule has 1 aromatic heterocycles. The lowest BCUT2D eigenvalue weighted by Gasteiger charge is -2.03. The summed E-state index contributed by atoms with van der Waals surface area (Å²) >= 11 is 0. The highest BCUT2D eigenvalue weighted by Gasteiger charge is 2.06. The van der Waals surface area contributed by atoms with Gasteiger partial charge in [-0.3, -0.25) is 5.43 Å². The van der Waals surface area contributed by atoms with Crippen LogP contribution in [0.2, 0.25) is 0 Å². The zero-order valence-electron chi connectivity index (χ0n) is 12.6. The second-order valence-corrected chi connectivity index (χ2v) is 4.96. The van der Waals surface area contributed by atoms with Gasteiger partial charge in [0.2, 0.25) is 0 Å². The minimum absolute atomic E-state index is 0.214. The molecule has 0 saturated heterocycles. The fourth-order valence-corrected chi connectivity index (χ4v) is 2.41. The van der Waals surface area contributed by atoms with Crippen molar-refractivity contribution in [2.24, 2.45) is 5.10 Å². The fraction of sp³-hybridized carbons (Fsp3) is 0.118. The molecule has 0 saturated carbocycles. The van der Waals surface area contributed by atoms with Gasteiger partial charge in [0.05, 0.1) is 28.5 Å². The maximum atomic E-state index is 11.0. The average Bonchev–Trinajstić information content (AvgIpc) is 2.92. The normalized spacial score (nSPS) is 11.2. The number of carbonyl (C=O) groups is 1. The summed E-state index contributed by atoms with van der Waals surface area (Å²) in [6.07, 6.45) is 1.64. The molecule has 1 heterocycles. The highest BCUT2D eigenvalue weighted by atomic mass is 16.4. The van der Waals surface area contributed by atoms with Gasteiger partial charge in [-0.05, 0) is 37.3 Å². The molecule has 0 fully saturated rings. The molecule has 0 aliphatic carbocycles. The maximum Gasteiger partial charge on any atom is 0.335 e. The summed E-state index contributed by atoms with van der Waals surface area (Å²) < 4.78 is 2.06. The fourth-order valence-electron chi connectivity index (χ4n) is 2.41. The van der Waals surface area contributed by atoms with Crippen molar-refractivity contribution in [2.75, 3.05) is 5.43 Å². The van der Waals surface area contributed by atoms with Gasteiger partial charge in [0.25, 0.3) is 0 Å². The van der Waals surface area contributed by atoms with E-state index in [2.05, 4.69) is 27.0 Å². The molecule has 0 radical (unpaired) electrons. The number of imidazole rings is 1. The minimum Gasteiger partial charge on any atom is -0.478 e. The Hall–Kier alpha value is -3.15. The molecule has 0 amide bonds. The summed E-state index contributed by atoms with van der Waals surface area (Å²) in [6.45, 7) is 2.84. The van der Waals surface area contributed by atoms with Crippen LogP contribution < -0.4 is 5.43 Å². The Morgan fingerprint density at radius 3 is 2.91 bits per heavy atom. The summed E-state index contributed by atoms with van der Waals surface area (Å²) in [5, 5.41) is 13.1. The van der Waals surface area contributed by atoms with Gasteiger partial charge in [-0.15, -0.1) is 0 Å². The number of nitrogens with one attached hydrogen (secondary N) is 1. The van der Waals surface area contributed by atoms with Crippen LogP contribution in [0.3, 0.4) is 0 Å². The first-order valence-corrected chi connectivity index (χ1v) is 7.26. The predicted octanol–water partition coefficient (Wildman–Crippen LogP) is 3.20. The van der Waals surface area contributed by atoms with Crippen LogP contribution >= 0.6 is 0 Å². The lowest BCUT2D eigenvalue weighted by Crippen LogP contribution is -2.02. The second-order valence-electron chi connectivity index (χ2n) is 4.96. The SMILES string of the molecule is CCn1c(C=NNc2cccc(C(=O)O)c2)nc2ccccc21. The third kappa shape index (κ3) is 3.06. The highest BCUT2D eigenvalue weighted by Crippen LogP contribution is 2.15. The van der Waals surface area contributed by atoms with Gasteiger partial charge in [-0.25, -0.2) is 9.78 Å². The Kier molecular flexibility index (Phi) is 4.05. The molecular weight excluding hydrogens is 292 g/mol. The third-order valence-electron chi connectivity index (χ3n) is 3.48. The van der Waals surface area contributed by atoms with Crippen LogP contribution in [-0.4, -0.2) is 26.8 Å². The van der Waals surface area contributed by atoms with Crippen LogP contribution in [-0.2, 0) is 6.54 Å². The van der Waals surface area contributed by atoms with E-state index in [1.807, 2.05) is 24.3 Å². The van der Waals surface area contributed by atoms with Crippen molar-refractivity contribution in [2.45, 2.75) is 13.5 Å². The number of carboxylic acid groups (broad SMARTS) is 1. The number of fused-ring (bicyclic) bond motifs is 1. The first-order valence-electron chi connectivity index (χ1n) is 7.26. The molecule has 0 bridgehead atoms. The minimum atomic E-state index is -0.967. The summed E-state index contributed by atoms with van der Waals surface area (Å²) in [5.41, 5.74) is 5.64. The van der Waals surface area contributed by atoms with Crippen LogP contribution in [0.15, 0.2) is 53.6 Å². The molecule has 0 atom stereocenters. The van der Waals surface area contributed by atoms with Crippen LogP contribution in [0.25, 0.3) is 11.0 Å². The van der Waals surface area contributed by atoms with Crippen molar-refractivity contribution in [3.05, 3.63) is 59.9 Å².